The monoisotopic (exact) mass is 443 g/mol. The molecule has 0 aliphatic carbocycles. The van der Waals surface area contributed by atoms with E-state index in [0.717, 1.165) is 33.6 Å². The molecule has 0 radical (unpaired) electrons. The Kier molecular flexibility index (Phi) is 6.14. The second-order valence-corrected chi connectivity index (χ2v) is 8.13. The average molecular weight is 444 g/mol. The molecule has 2 heterocycles. The zero-order chi connectivity index (χ0) is 20.1. The number of hydrogen-bond donors (Lipinski definition) is 0. The molecule has 0 aliphatic rings. The van der Waals surface area contributed by atoms with Crippen molar-refractivity contribution in [1.82, 2.24) is 14.6 Å². The van der Waals surface area contributed by atoms with Crippen LogP contribution in [0.5, 0.6) is 11.5 Å². The lowest BCUT2D eigenvalue weighted by atomic mass is 10.2. The first-order valence-electron chi connectivity index (χ1n) is 8.57. The first-order valence-corrected chi connectivity index (χ1v) is 10.6. The van der Waals surface area contributed by atoms with Crippen LogP contribution in [0.3, 0.4) is 0 Å². The van der Waals surface area contributed by atoms with Gasteiger partial charge >= 0.3 is 5.97 Å². The summed E-state index contributed by atoms with van der Waals surface area (Å²) in [6, 6.07) is 17.3. The van der Waals surface area contributed by atoms with E-state index in [1.54, 1.807) is 0 Å². The number of hydrogen-bond acceptors (Lipinski definition) is 8. The van der Waals surface area contributed by atoms with Crippen LogP contribution in [0.2, 0.25) is 4.34 Å². The van der Waals surface area contributed by atoms with E-state index in [1.165, 1.54) is 11.3 Å². The normalized spacial score (nSPS) is 10.7. The van der Waals surface area contributed by atoms with Crippen molar-refractivity contribution in [2.24, 2.45) is 0 Å². The molecule has 29 heavy (non-hydrogen) atoms. The molecule has 0 amide bonds. The highest BCUT2D eigenvalue weighted by atomic mass is 35.5. The number of aromatic nitrogens is 3. The van der Waals surface area contributed by atoms with Crippen LogP contribution in [0.4, 0.5) is 0 Å². The van der Waals surface area contributed by atoms with Crippen molar-refractivity contribution in [3.05, 3.63) is 75.7 Å². The fraction of sp³-hybridized carbons (Fsp3) is 0.100. The molecule has 0 spiro atoms. The number of esters is 1. The molecular weight excluding hydrogens is 430 g/mol. The third-order valence-electron chi connectivity index (χ3n) is 3.82. The number of carbonyl (C=O) groups is 1. The van der Waals surface area contributed by atoms with Gasteiger partial charge in [-0.2, -0.15) is 0 Å². The predicted octanol–water partition coefficient (Wildman–Crippen LogP) is 5.39. The number of para-hydroxylation sites is 1. The summed E-state index contributed by atoms with van der Waals surface area (Å²) >= 11 is 8.42. The maximum atomic E-state index is 12.1. The molecule has 2 aromatic carbocycles. The van der Waals surface area contributed by atoms with E-state index in [9.17, 15) is 4.79 Å². The third kappa shape index (κ3) is 5.17. The van der Waals surface area contributed by atoms with Crippen molar-refractivity contribution in [2.45, 2.75) is 13.0 Å². The number of rotatable bonds is 7. The molecule has 146 valence electrons. The smallest absolute Gasteiger partial charge is 0.312 e. The maximum Gasteiger partial charge on any atom is 0.312 e. The largest absolute Gasteiger partial charge is 0.459 e. The zero-order valence-electron chi connectivity index (χ0n) is 14.9. The highest BCUT2D eigenvalue weighted by molar-refractivity contribution is 7.13. The molecule has 4 aromatic rings. The average Bonchev–Trinajstić information content (AvgIpc) is 3.36. The molecule has 0 atom stereocenters. The zero-order valence-corrected chi connectivity index (χ0v) is 17.3. The van der Waals surface area contributed by atoms with E-state index in [-0.39, 0.29) is 13.0 Å². The summed E-state index contributed by atoms with van der Waals surface area (Å²) in [7, 11) is 0. The van der Waals surface area contributed by atoms with E-state index >= 15 is 0 Å². The highest BCUT2D eigenvalue weighted by Gasteiger charge is 2.13. The molecule has 2 aromatic heterocycles. The quantitative estimate of drug-likeness (QED) is 0.356. The lowest BCUT2D eigenvalue weighted by Crippen LogP contribution is -2.08. The second kappa shape index (κ2) is 9.13. The molecule has 9 heteroatoms. The van der Waals surface area contributed by atoms with Gasteiger partial charge in [0.05, 0.1) is 12.1 Å². The highest BCUT2D eigenvalue weighted by Crippen LogP contribution is 2.29. The van der Waals surface area contributed by atoms with Crippen LogP contribution in [-0.2, 0) is 22.6 Å². The van der Waals surface area contributed by atoms with E-state index in [2.05, 4.69) is 14.6 Å². The minimum absolute atomic E-state index is 0.00400. The lowest BCUT2D eigenvalue weighted by Gasteiger charge is -2.06. The van der Waals surface area contributed by atoms with Gasteiger partial charge in [0.25, 0.3) is 0 Å². The standard InChI is InChI=1S/C20H14ClN3O3S2/c21-19-17(23-24-29-19)11-26-18(25)10-14-12-28-20(22-14)13-5-4-8-16(9-13)27-15-6-2-1-3-7-15/h1-9,12H,10-11H2. The first-order chi connectivity index (χ1) is 14.2. The van der Waals surface area contributed by atoms with E-state index in [1.807, 2.05) is 60.0 Å². The molecule has 0 saturated heterocycles. The van der Waals surface area contributed by atoms with Crippen molar-refractivity contribution in [3.8, 4) is 22.1 Å². The Labute approximate surface area is 179 Å². The SMILES string of the molecule is O=C(Cc1csc(-c2cccc(Oc3ccccc3)c2)n1)OCc1nnsc1Cl. The van der Waals surface area contributed by atoms with Gasteiger partial charge < -0.3 is 9.47 Å². The second-order valence-electron chi connectivity index (χ2n) is 5.92. The van der Waals surface area contributed by atoms with Crippen molar-refractivity contribution in [3.63, 3.8) is 0 Å². The number of carbonyl (C=O) groups excluding carboxylic acids is 1. The van der Waals surface area contributed by atoms with E-state index in [0.29, 0.717) is 15.7 Å². The predicted molar refractivity (Wildman–Crippen MR) is 112 cm³/mol. The van der Waals surface area contributed by atoms with Gasteiger partial charge in [0.2, 0.25) is 0 Å². The topological polar surface area (TPSA) is 74.2 Å². The van der Waals surface area contributed by atoms with Gasteiger partial charge in [-0.1, -0.05) is 46.4 Å². The summed E-state index contributed by atoms with van der Waals surface area (Å²) < 4.78 is 15.2. The number of thiazole rings is 1. The third-order valence-corrected chi connectivity index (χ3v) is 5.74. The number of ether oxygens (including phenoxy) is 2. The minimum Gasteiger partial charge on any atom is -0.459 e. The minimum atomic E-state index is -0.396. The van der Waals surface area contributed by atoms with Crippen LogP contribution in [0.25, 0.3) is 10.6 Å². The first kappa shape index (κ1) is 19.5. The van der Waals surface area contributed by atoms with E-state index < -0.39 is 5.97 Å². The summed E-state index contributed by atoms with van der Waals surface area (Å²) in [6.07, 6.45) is 0.0753. The van der Waals surface area contributed by atoms with Gasteiger partial charge in [-0.05, 0) is 24.3 Å². The Balaban J connectivity index is 1.39. The molecule has 4 rings (SSSR count). The lowest BCUT2D eigenvalue weighted by molar-refractivity contribution is -0.144. The van der Waals surface area contributed by atoms with Gasteiger partial charge in [-0.15, -0.1) is 16.4 Å². The van der Waals surface area contributed by atoms with Crippen LogP contribution >= 0.6 is 34.5 Å². The summed E-state index contributed by atoms with van der Waals surface area (Å²) in [5, 5.41) is 6.46. The van der Waals surface area contributed by atoms with Crippen LogP contribution in [0, 0.1) is 0 Å². The molecule has 0 N–H and O–H groups in total. The Bertz CT molecular complexity index is 1110. The van der Waals surface area contributed by atoms with Gasteiger partial charge in [0.1, 0.15) is 33.1 Å². The van der Waals surface area contributed by atoms with Crippen molar-refractivity contribution >= 4 is 40.4 Å². The van der Waals surface area contributed by atoms with Crippen LogP contribution in [0.15, 0.2) is 60.0 Å². The maximum absolute atomic E-state index is 12.1. The Hall–Kier alpha value is -2.81. The van der Waals surface area contributed by atoms with Gasteiger partial charge in [-0.3, -0.25) is 4.79 Å². The van der Waals surface area contributed by atoms with Gasteiger partial charge in [0.15, 0.2) is 0 Å². The fourth-order valence-electron chi connectivity index (χ4n) is 2.47. The number of nitrogens with zero attached hydrogens (tertiary/aromatic N) is 3. The molecule has 0 fully saturated rings. The van der Waals surface area contributed by atoms with Crippen molar-refractivity contribution < 1.29 is 14.3 Å². The summed E-state index contributed by atoms with van der Waals surface area (Å²) in [4.78, 5) is 16.6. The van der Waals surface area contributed by atoms with Gasteiger partial charge in [0, 0.05) is 22.5 Å². The summed E-state index contributed by atoms with van der Waals surface area (Å²) in [5.41, 5.74) is 2.02. The van der Waals surface area contributed by atoms with Crippen LogP contribution in [-0.4, -0.2) is 20.5 Å². The summed E-state index contributed by atoms with van der Waals surface area (Å²) in [6.45, 7) is 0.00400. The Morgan fingerprint density at radius 1 is 1.07 bits per heavy atom. The molecular formula is C20H14ClN3O3S2. The number of halogens is 1. The fourth-order valence-corrected chi connectivity index (χ4v) is 3.89. The molecule has 6 nitrogen and oxygen atoms in total. The molecule has 0 aliphatic heterocycles. The van der Waals surface area contributed by atoms with Crippen LogP contribution in [0.1, 0.15) is 11.4 Å². The number of benzene rings is 2. The van der Waals surface area contributed by atoms with E-state index in [4.69, 9.17) is 21.1 Å². The van der Waals surface area contributed by atoms with Crippen molar-refractivity contribution in [2.75, 3.05) is 0 Å². The molecule has 0 bridgehead atoms. The van der Waals surface area contributed by atoms with Crippen LogP contribution < -0.4 is 4.74 Å². The molecule has 0 saturated carbocycles. The summed E-state index contributed by atoms with van der Waals surface area (Å²) in [5.74, 6) is 1.09. The van der Waals surface area contributed by atoms with Crippen molar-refractivity contribution in [1.29, 1.82) is 0 Å². The Morgan fingerprint density at radius 2 is 1.90 bits per heavy atom. The molecule has 0 unspecified atom stereocenters. The van der Waals surface area contributed by atoms with Gasteiger partial charge in [-0.25, -0.2) is 4.98 Å². The Morgan fingerprint density at radius 3 is 2.69 bits per heavy atom.